The minimum Gasteiger partial charge on any atom is -0.346 e. The molecule has 6 heteroatoms. The third-order valence-electron chi connectivity index (χ3n) is 4.50. The molecule has 3 rings (SSSR count). The van der Waals surface area contributed by atoms with Gasteiger partial charge >= 0.3 is 0 Å². The predicted octanol–water partition coefficient (Wildman–Crippen LogP) is 3.03. The molecule has 1 atom stereocenters. The number of hydrogen-bond acceptors (Lipinski definition) is 3. The molecule has 1 N–H and O–H groups in total. The Morgan fingerprint density at radius 2 is 1.92 bits per heavy atom. The van der Waals surface area contributed by atoms with Gasteiger partial charge in [-0.25, -0.2) is 8.42 Å². The van der Waals surface area contributed by atoms with Crippen LogP contribution in [0.1, 0.15) is 40.9 Å². The zero-order valence-corrected chi connectivity index (χ0v) is 15.2. The molecule has 0 bridgehead atoms. The lowest BCUT2D eigenvalue weighted by Gasteiger charge is -2.19. The van der Waals surface area contributed by atoms with Crippen molar-refractivity contribution in [1.29, 1.82) is 0 Å². The highest BCUT2D eigenvalue weighted by Crippen LogP contribution is 2.25. The number of anilines is 1. The van der Waals surface area contributed by atoms with Gasteiger partial charge in [0.25, 0.3) is 5.91 Å². The average Bonchev–Trinajstić information content (AvgIpc) is 2.94. The fourth-order valence-electron chi connectivity index (χ4n) is 3.16. The standard InChI is InChI=1S/C19H22N2O3S/c1-14-7-3-4-10-18(14)15(2)20-19(22)16-8-5-9-17(13-16)21-11-6-12-25(21,23)24/h3-5,7-10,13,15H,6,11-12H2,1-2H3,(H,20,22)/t15-/m1/s1. The van der Waals surface area contributed by atoms with Crippen molar-refractivity contribution in [3.63, 3.8) is 0 Å². The SMILES string of the molecule is Cc1ccccc1[C@@H](C)NC(=O)c1cccc(N2CCCS2(=O)=O)c1. The molecule has 1 aliphatic heterocycles. The summed E-state index contributed by atoms with van der Waals surface area (Å²) in [5.41, 5.74) is 3.19. The Hall–Kier alpha value is -2.34. The van der Waals surface area contributed by atoms with E-state index in [2.05, 4.69) is 5.32 Å². The molecule has 1 fully saturated rings. The van der Waals surface area contributed by atoms with Gasteiger partial charge in [-0.2, -0.15) is 0 Å². The maximum absolute atomic E-state index is 12.6. The number of nitrogens with zero attached hydrogens (tertiary/aromatic N) is 1. The van der Waals surface area contributed by atoms with Crippen LogP contribution in [0.15, 0.2) is 48.5 Å². The van der Waals surface area contributed by atoms with Crippen LogP contribution in [0.4, 0.5) is 5.69 Å². The van der Waals surface area contributed by atoms with Crippen LogP contribution in [0.2, 0.25) is 0 Å². The first-order valence-electron chi connectivity index (χ1n) is 8.35. The number of hydrogen-bond donors (Lipinski definition) is 1. The number of aryl methyl sites for hydroxylation is 1. The molecule has 5 nitrogen and oxygen atoms in total. The maximum Gasteiger partial charge on any atom is 0.251 e. The molecular formula is C19H22N2O3S. The Kier molecular flexibility index (Phi) is 4.81. The highest BCUT2D eigenvalue weighted by molar-refractivity contribution is 7.93. The number of sulfonamides is 1. The van der Waals surface area contributed by atoms with Gasteiger partial charge in [0, 0.05) is 12.1 Å². The first kappa shape index (κ1) is 17.5. The van der Waals surface area contributed by atoms with Crippen LogP contribution in [0, 0.1) is 6.92 Å². The largest absolute Gasteiger partial charge is 0.346 e. The van der Waals surface area contributed by atoms with Crippen LogP contribution >= 0.6 is 0 Å². The summed E-state index contributed by atoms with van der Waals surface area (Å²) in [6.45, 7) is 4.42. The molecule has 1 amide bonds. The third kappa shape index (κ3) is 3.69. The highest BCUT2D eigenvalue weighted by Gasteiger charge is 2.28. The minimum absolute atomic E-state index is 0.132. The molecule has 1 heterocycles. The molecule has 0 unspecified atom stereocenters. The van der Waals surface area contributed by atoms with Crippen molar-refractivity contribution in [1.82, 2.24) is 5.32 Å². The average molecular weight is 358 g/mol. The molecule has 0 aromatic heterocycles. The number of benzene rings is 2. The van der Waals surface area contributed by atoms with Crippen LogP contribution in [0.5, 0.6) is 0 Å². The Labute approximate surface area is 148 Å². The quantitative estimate of drug-likeness (QED) is 0.913. The summed E-state index contributed by atoms with van der Waals surface area (Å²) in [6.07, 6.45) is 0.614. The van der Waals surface area contributed by atoms with Crippen LogP contribution in [-0.4, -0.2) is 26.6 Å². The van der Waals surface area contributed by atoms with Crippen LogP contribution in [0.25, 0.3) is 0 Å². The Bertz CT molecular complexity index is 893. The van der Waals surface area contributed by atoms with Gasteiger partial charge in [-0.15, -0.1) is 0 Å². The van der Waals surface area contributed by atoms with E-state index in [1.54, 1.807) is 24.3 Å². The van der Waals surface area contributed by atoms with Gasteiger partial charge in [-0.05, 0) is 49.6 Å². The van der Waals surface area contributed by atoms with E-state index in [4.69, 9.17) is 0 Å². The van der Waals surface area contributed by atoms with Crippen LogP contribution in [0.3, 0.4) is 0 Å². The number of nitrogens with one attached hydrogen (secondary N) is 1. The number of amides is 1. The summed E-state index contributed by atoms with van der Waals surface area (Å²) in [5, 5.41) is 2.98. The lowest BCUT2D eigenvalue weighted by Crippen LogP contribution is -2.28. The normalized spacial score (nSPS) is 17.3. The summed E-state index contributed by atoms with van der Waals surface area (Å²) in [4.78, 5) is 12.6. The maximum atomic E-state index is 12.6. The third-order valence-corrected chi connectivity index (χ3v) is 6.37. The van der Waals surface area contributed by atoms with Gasteiger partial charge in [-0.1, -0.05) is 30.3 Å². The summed E-state index contributed by atoms with van der Waals surface area (Å²) in [7, 11) is -3.25. The number of carbonyl (C=O) groups is 1. The van der Waals surface area contributed by atoms with Crippen LogP contribution in [-0.2, 0) is 10.0 Å². The second kappa shape index (κ2) is 6.88. The van der Waals surface area contributed by atoms with Gasteiger partial charge in [0.15, 0.2) is 0 Å². The molecule has 132 valence electrons. The number of rotatable bonds is 4. The fourth-order valence-corrected chi connectivity index (χ4v) is 4.72. The monoisotopic (exact) mass is 358 g/mol. The van der Waals surface area contributed by atoms with Crippen molar-refractivity contribution in [2.45, 2.75) is 26.3 Å². The first-order valence-corrected chi connectivity index (χ1v) is 9.96. The smallest absolute Gasteiger partial charge is 0.251 e. The van der Waals surface area contributed by atoms with Gasteiger partial charge < -0.3 is 5.32 Å². The topological polar surface area (TPSA) is 66.5 Å². The van der Waals surface area contributed by atoms with E-state index in [1.165, 1.54) is 4.31 Å². The fraction of sp³-hybridized carbons (Fsp3) is 0.316. The summed E-state index contributed by atoms with van der Waals surface area (Å²) < 4.78 is 25.5. The van der Waals surface area contributed by atoms with Gasteiger partial charge in [0.2, 0.25) is 10.0 Å². The van der Waals surface area contributed by atoms with Crippen molar-refractivity contribution in [3.8, 4) is 0 Å². The molecule has 1 saturated heterocycles. The minimum atomic E-state index is -3.25. The molecule has 1 aliphatic rings. The summed E-state index contributed by atoms with van der Waals surface area (Å²) in [5.74, 6) is -0.0532. The summed E-state index contributed by atoms with van der Waals surface area (Å²) >= 11 is 0. The van der Waals surface area contributed by atoms with E-state index in [9.17, 15) is 13.2 Å². The Morgan fingerprint density at radius 1 is 1.16 bits per heavy atom. The van der Waals surface area contributed by atoms with Gasteiger partial charge in [-0.3, -0.25) is 9.10 Å². The highest BCUT2D eigenvalue weighted by atomic mass is 32.2. The molecule has 0 saturated carbocycles. The van der Waals surface area contributed by atoms with Gasteiger partial charge in [0.1, 0.15) is 0 Å². The van der Waals surface area contributed by atoms with E-state index in [0.29, 0.717) is 24.2 Å². The van der Waals surface area contributed by atoms with Crippen molar-refractivity contribution in [3.05, 3.63) is 65.2 Å². The lowest BCUT2D eigenvalue weighted by molar-refractivity contribution is 0.0940. The number of carbonyl (C=O) groups excluding carboxylic acids is 1. The van der Waals surface area contributed by atoms with E-state index in [0.717, 1.165) is 11.1 Å². The Balaban J connectivity index is 1.79. The second-order valence-corrected chi connectivity index (χ2v) is 8.36. The Morgan fingerprint density at radius 3 is 2.60 bits per heavy atom. The van der Waals surface area contributed by atoms with Crippen molar-refractivity contribution < 1.29 is 13.2 Å². The van der Waals surface area contributed by atoms with Crippen molar-refractivity contribution in [2.24, 2.45) is 0 Å². The van der Waals surface area contributed by atoms with E-state index >= 15 is 0 Å². The molecule has 2 aromatic carbocycles. The van der Waals surface area contributed by atoms with E-state index in [-0.39, 0.29) is 17.7 Å². The van der Waals surface area contributed by atoms with E-state index in [1.807, 2.05) is 38.1 Å². The molecular weight excluding hydrogens is 336 g/mol. The molecule has 0 radical (unpaired) electrons. The lowest BCUT2D eigenvalue weighted by atomic mass is 10.0. The molecule has 0 aliphatic carbocycles. The molecule has 0 spiro atoms. The molecule has 25 heavy (non-hydrogen) atoms. The first-order chi connectivity index (χ1) is 11.9. The predicted molar refractivity (Wildman–Crippen MR) is 99.3 cm³/mol. The van der Waals surface area contributed by atoms with Crippen molar-refractivity contribution in [2.75, 3.05) is 16.6 Å². The van der Waals surface area contributed by atoms with Crippen LogP contribution < -0.4 is 9.62 Å². The summed E-state index contributed by atoms with van der Waals surface area (Å²) in [6, 6.07) is 14.6. The zero-order valence-electron chi connectivity index (χ0n) is 14.4. The zero-order chi connectivity index (χ0) is 18.0. The van der Waals surface area contributed by atoms with Crippen molar-refractivity contribution >= 4 is 21.6 Å². The van der Waals surface area contributed by atoms with Gasteiger partial charge in [0.05, 0.1) is 17.5 Å². The molecule has 2 aromatic rings. The van der Waals surface area contributed by atoms with E-state index < -0.39 is 10.0 Å². The second-order valence-electron chi connectivity index (χ2n) is 6.34.